The van der Waals surface area contributed by atoms with E-state index in [1.807, 2.05) is 6.92 Å². The molecule has 0 spiro atoms. The highest BCUT2D eigenvalue weighted by molar-refractivity contribution is 5.59. The molecular formula is C5H10N4. The Morgan fingerprint density at radius 3 is 3.11 bits per heavy atom. The minimum absolute atomic E-state index is 0.594. The van der Waals surface area contributed by atoms with E-state index in [1.54, 1.807) is 6.20 Å². The second-order valence-electron chi connectivity index (χ2n) is 1.73. The summed E-state index contributed by atoms with van der Waals surface area (Å²) in [5.41, 5.74) is 6.32. The van der Waals surface area contributed by atoms with E-state index in [9.17, 15) is 0 Å². The van der Waals surface area contributed by atoms with E-state index < -0.39 is 0 Å². The molecule has 0 radical (unpaired) electrons. The largest absolute Gasteiger partial charge is 0.382 e. The lowest BCUT2D eigenvalue weighted by molar-refractivity contribution is 1.10. The number of hydrogen-bond acceptors (Lipinski definition) is 3. The normalized spacial score (nSPS) is 9.44. The fraction of sp³-hybridized carbons (Fsp3) is 0.400. The van der Waals surface area contributed by atoms with Crippen LogP contribution in [0.3, 0.4) is 0 Å². The summed E-state index contributed by atoms with van der Waals surface area (Å²) in [5.74, 6) is 0.594. The van der Waals surface area contributed by atoms with E-state index in [0.717, 1.165) is 12.2 Å². The molecule has 0 unspecified atom stereocenters. The average Bonchev–Trinajstić information content (AvgIpc) is 2.18. The van der Waals surface area contributed by atoms with E-state index in [-0.39, 0.29) is 0 Å². The first-order valence-electron chi connectivity index (χ1n) is 2.87. The highest BCUT2D eigenvalue weighted by Gasteiger charge is 1.95. The number of nitrogen functional groups attached to an aromatic ring is 1. The molecule has 0 aliphatic heterocycles. The molecule has 1 aromatic heterocycles. The number of anilines is 2. The third-order valence-electron chi connectivity index (χ3n) is 1.04. The fourth-order valence-corrected chi connectivity index (χ4v) is 0.627. The van der Waals surface area contributed by atoms with Crippen LogP contribution in [0.1, 0.15) is 6.92 Å². The number of H-pyrrole nitrogens is 1. The van der Waals surface area contributed by atoms with E-state index in [1.165, 1.54) is 0 Å². The SMILES string of the molecule is CCNc1cn[nH]c1N. The van der Waals surface area contributed by atoms with Crippen molar-refractivity contribution in [2.45, 2.75) is 6.92 Å². The lowest BCUT2D eigenvalue weighted by atomic mass is 10.5. The van der Waals surface area contributed by atoms with Crippen LogP contribution < -0.4 is 11.1 Å². The third-order valence-corrected chi connectivity index (χ3v) is 1.04. The molecule has 1 rings (SSSR count). The van der Waals surface area contributed by atoms with Gasteiger partial charge >= 0.3 is 0 Å². The van der Waals surface area contributed by atoms with Gasteiger partial charge in [0.1, 0.15) is 5.82 Å². The number of hydrogen-bond donors (Lipinski definition) is 3. The van der Waals surface area contributed by atoms with Gasteiger partial charge in [0.25, 0.3) is 0 Å². The smallest absolute Gasteiger partial charge is 0.142 e. The number of nitrogens with two attached hydrogens (primary N) is 1. The summed E-state index contributed by atoms with van der Waals surface area (Å²) < 4.78 is 0. The molecule has 0 aliphatic carbocycles. The van der Waals surface area contributed by atoms with E-state index in [4.69, 9.17) is 5.73 Å². The van der Waals surface area contributed by atoms with Crippen molar-refractivity contribution in [3.05, 3.63) is 6.20 Å². The van der Waals surface area contributed by atoms with Gasteiger partial charge < -0.3 is 11.1 Å². The van der Waals surface area contributed by atoms with Crippen molar-refractivity contribution in [3.8, 4) is 0 Å². The Morgan fingerprint density at radius 1 is 1.89 bits per heavy atom. The Labute approximate surface area is 53.4 Å². The molecule has 0 saturated heterocycles. The predicted octanol–water partition coefficient (Wildman–Crippen LogP) is 0.424. The van der Waals surface area contributed by atoms with Crippen molar-refractivity contribution in [3.63, 3.8) is 0 Å². The molecule has 50 valence electrons. The first-order chi connectivity index (χ1) is 4.34. The molecule has 4 heteroatoms. The lowest BCUT2D eigenvalue weighted by Crippen LogP contribution is -1.98. The molecule has 1 heterocycles. The minimum Gasteiger partial charge on any atom is -0.382 e. The number of nitrogens with one attached hydrogen (secondary N) is 2. The zero-order valence-electron chi connectivity index (χ0n) is 5.31. The number of aromatic nitrogens is 2. The van der Waals surface area contributed by atoms with Crippen molar-refractivity contribution in [2.75, 3.05) is 17.6 Å². The van der Waals surface area contributed by atoms with E-state index in [0.29, 0.717) is 5.82 Å². The van der Waals surface area contributed by atoms with Crippen molar-refractivity contribution in [1.29, 1.82) is 0 Å². The number of rotatable bonds is 2. The molecule has 0 fully saturated rings. The zero-order chi connectivity index (χ0) is 6.69. The maximum absolute atomic E-state index is 5.45. The standard InChI is InChI=1S/C5H10N4/c1-2-7-4-3-8-9-5(4)6/h3,7H,2H2,1H3,(H3,6,8,9). The Hall–Kier alpha value is -1.19. The monoisotopic (exact) mass is 126 g/mol. The lowest BCUT2D eigenvalue weighted by Gasteiger charge is -1.96. The van der Waals surface area contributed by atoms with Gasteiger partial charge in [-0.1, -0.05) is 0 Å². The van der Waals surface area contributed by atoms with Crippen LogP contribution in [-0.4, -0.2) is 16.7 Å². The average molecular weight is 126 g/mol. The van der Waals surface area contributed by atoms with Gasteiger partial charge in [-0.25, -0.2) is 0 Å². The summed E-state index contributed by atoms with van der Waals surface area (Å²) in [6.07, 6.45) is 1.67. The second kappa shape index (κ2) is 2.39. The van der Waals surface area contributed by atoms with Crippen molar-refractivity contribution in [2.24, 2.45) is 0 Å². The van der Waals surface area contributed by atoms with Crippen LogP contribution in [0.2, 0.25) is 0 Å². The molecule has 0 bridgehead atoms. The summed E-state index contributed by atoms with van der Waals surface area (Å²) in [6.45, 7) is 2.87. The van der Waals surface area contributed by atoms with Crippen LogP contribution in [0.25, 0.3) is 0 Å². The van der Waals surface area contributed by atoms with Gasteiger partial charge in [0.2, 0.25) is 0 Å². The molecule has 0 aliphatic rings. The van der Waals surface area contributed by atoms with Gasteiger partial charge in [-0.15, -0.1) is 0 Å². The van der Waals surface area contributed by atoms with Gasteiger partial charge in [0.15, 0.2) is 0 Å². The van der Waals surface area contributed by atoms with Crippen LogP contribution in [0.4, 0.5) is 11.5 Å². The molecule has 0 saturated carbocycles. The molecule has 0 amide bonds. The van der Waals surface area contributed by atoms with Crippen LogP contribution in [0, 0.1) is 0 Å². The van der Waals surface area contributed by atoms with Crippen molar-refractivity contribution < 1.29 is 0 Å². The minimum atomic E-state index is 0.594. The first kappa shape index (κ1) is 5.94. The molecule has 1 aromatic rings. The van der Waals surface area contributed by atoms with Gasteiger partial charge in [-0.2, -0.15) is 5.10 Å². The topological polar surface area (TPSA) is 66.7 Å². The van der Waals surface area contributed by atoms with Crippen molar-refractivity contribution in [1.82, 2.24) is 10.2 Å². The summed E-state index contributed by atoms with van der Waals surface area (Å²) in [5, 5.41) is 9.38. The van der Waals surface area contributed by atoms with Crippen molar-refractivity contribution >= 4 is 11.5 Å². The van der Waals surface area contributed by atoms with Crippen LogP contribution in [0.15, 0.2) is 6.20 Å². The molecule has 4 N–H and O–H groups in total. The summed E-state index contributed by atoms with van der Waals surface area (Å²) in [7, 11) is 0. The highest BCUT2D eigenvalue weighted by atomic mass is 15.2. The number of aromatic amines is 1. The van der Waals surface area contributed by atoms with Gasteiger partial charge in [0.05, 0.1) is 11.9 Å². The molecular weight excluding hydrogens is 116 g/mol. The summed E-state index contributed by atoms with van der Waals surface area (Å²) in [6, 6.07) is 0. The number of nitrogens with zero attached hydrogens (tertiary/aromatic N) is 1. The molecule has 4 nitrogen and oxygen atoms in total. The quantitative estimate of drug-likeness (QED) is 0.538. The third kappa shape index (κ3) is 1.13. The van der Waals surface area contributed by atoms with Gasteiger partial charge in [0, 0.05) is 6.54 Å². The Bertz CT molecular complexity index is 181. The fourth-order valence-electron chi connectivity index (χ4n) is 0.627. The Balaban J connectivity index is 2.69. The molecule has 0 atom stereocenters. The zero-order valence-corrected chi connectivity index (χ0v) is 5.31. The predicted molar refractivity (Wildman–Crippen MR) is 37.2 cm³/mol. The molecule has 0 aromatic carbocycles. The maximum atomic E-state index is 5.45. The van der Waals surface area contributed by atoms with E-state index >= 15 is 0 Å². The second-order valence-corrected chi connectivity index (χ2v) is 1.73. The van der Waals surface area contributed by atoms with Gasteiger partial charge in [-0.3, -0.25) is 5.10 Å². The molecule has 9 heavy (non-hydrogen) atoms. The first-order valence-corrected chi connectivity index (χ1v) is 2.87. The summed E-state index contributed by atoms with van der Waals surface area (Å²) >= 11 is 0. The summed E-state index contributed by atoms with van der Waals surface area (Å²) in [4.78, 5) is 0. The Kier molecular flexibility index (Phi) is 1.58. The van der Waals surface area contributed by atoms with Crippen LogP contribution >= 0.6 is 0 Å². The maximum Gasteiger partial charge on any atom is 0.142 e. The van der Waals surface area contributed by atoms with Crippen LogP contribution in [0.5, 0.6) is 0 Å². The van der Waals surface area contributed by atoms with Crippen LogP contribution in [-0.2, 0) is 0 Å². The highest BCUT2D eigenvalue weighted by Crippen LogP contribution is 2.11. The van der Waals surface area contributed by atoms with E-state index in [2.05, 4.69) is 15.5 Å². The Morgan fingerprint density at radius 2 is 2.67 bits per heavy atom. The van der Waals surface area contributed by atoms with Gasteiger partial charge in [-0.05, 0) is 6.92 Å².